The van der Waals surface area contributed by atoms with Crippen LogP contribution in [0.2, 0.25) is 18.6 Å². The number of ketones is 1. The summed E-state index contributed by atoms with van der Waals surface area (Å²) < 4.78 is 0. The van der Waals surface area contributed by atoms with Crippen LogP contribution in [0, 0.1) is 5.41 Å². The van der Waals surface area contributed by atoms with Crippen molar-refractivity contribution < 1.29 is 9.59 Å². The molecule has 1 aromatic carbocycles. The van der Waals surface area contributed by atoms with E-state index in [2.05, 4.69) is 51.2 Å². The van der Waals surface area contributed by atoms with Crippen molar-refractivity contribution in [1.29, 1.82) is 0 Å². The van der Waals surface area contributed by atoms with E-state index >= 15 is 0 Å². The summed E-state index contributed by atoms with van der Waals surface area (Å²) in [5.74, 6) is 0.000770. The number of carbonyl (C=O) groups is 2. The van der Waals surface area contributed by atoms with Crippen LogP contribution >= 0.6 is 0 Å². The summed E-state index contributed by atoms with van der Waals surface area (Å²) in [5, 5.41) is 1.37. The average molecular weight is 286 g/mol. The minimum Gasteiger partial charge on any atom is -0.298 e. The molecular weight excluding hydrogens is 264 g/mol. The Bertz CT molecular complexity index is 556. The first-order chi connectivity index (χ1) is 9.29. The largest absolute Gasteiger partial charge is 0.298 e. The maximum absolute atomic E-state index is 12.1. The molecule has 0 heterocycles. The zero-order valence-electron chi connectivity index (χ0n) is 12.6. The molecule has 1 aromatic rings. The van der Waals surface area contributed by atoms with Crippen molar-refractivity contribution in [3.8, 4) is 0 Å². The molecule has 106 valence electrons. The Morgan fingerprint density at radius 3 is 2.35 bits per heavy atom. The van der Waals surface area contributed by atoms with Crippen LogP contribution in [0.1, 0.15) is 20.3 Å². The monoisotopic (exact) mass is 286 g/mol. The normalized spacial score (nSPS) is 22.3. The van der Waals surface area contributed by atoms with Gasteiger partial charge < -0.3 is 0 Å². The third-order valence-corrected chi connectivity index (χ3v) is 9.16. The molecule has 0 fully saturated rings. The number of benzene rings is 1. The van der Waals surface area contributed by atoms with Gasteiger partial charge in [-0.1, -0.05) is 68.5 Å². The van der Waals surface area contributed by atoms with Crippen molar-refractivity contribution in [3.05, 3.63) is 42.0 Å². The van der Waals surface area contributed by atoms with E-state index in [1.165, 1.54) is 5.19 Å². The first-order valence-electron chi connectivity index (χ1n) is 7.06. The van der Waals surface area contributed by atoms with E-state index in [4.69, 9.17) is 0 Å². The van der Waals surface area contributed by atoms with Crippen LogP contribution in [0.3, 0.4) is 0 Å². The van der Waals surface area contributed by atoms with E-state index in [1.807, 2.05) is 12.1 Å². The van der Waals surface area contributed by atoms with Crippen molar-refractivity contribution in [2.75, 3.05) is 0 Å². The lowest BCUT2D eigenvalue weighted by atomic mass is 9.78. The molecule has 0 aromatic heterocycles. The number of carbonyl (C=O) groups excluding carboxylic acids is 2. The summed E-state index contributed by atoms with van der Waals surface area (Å²) in [6.45, 7) is 8.93. The van der Waals surface area contributed by atoms with E-state index in [0.717, 1.165) is 0 Å². The minimum atomic E-state index is -1.78. The van der Waals surface area contributed by atoms with Crippen molar-refractivity contribution in [2.45, 2.75) is 38.9 Å². The Labute approximate surface area is 121 Å². The SMILES string of the molecule is CC1(C)C=C(C=O)C(=O)C[C@@H]1[Si](C)(C)c1ccccc1. The van der Waals surface area contributed by atoms with Gasteiger partial charge in [-0.15, -0.1) is 0 Å². The van der Waals surface area contributed by atoms with Crippen LogP contribution in [-0.4, -0.2) is 20.1 Å². The van der Waals surface area contributed by atoms with Crippen LogP contribution in [0.25, 0.3) is 0 Å². The van der Waals surface area contributed by atoms with Gasteiger partial charge in [-0.3, -0.25) is 9.59 Å². The van der Waals surface area contributed by atoms with Gasteiger partial charge >= 0.3 is 0 Å². The third-order valence-electron chi connectivity index (χ3n) is 4.65. The van der Waals surface area contributed by atoms with Gasteiger partial charge in [0.25, 0.3) is 0 Å². The molecule has 0 spiro atoms. The molecule has 0 radical (unpaired) electrons. The smallest absolute Gasteiger partial charge is 0.165 e. The highest BCUT2D eigenvalue weighted by molar-refractivity contribution is 6.91. The Hall–Kier alpha value is -1.48. The van der Waals surface area contributed by atoms with Gasteiger partial charge in [0.2, 0.25) is 0 Å². The van der Waals surface area contributed by atoms with Crippen LogP contribution in [0.5, 0.6) is 0 Å². The molecule has 0 saturated heterocycles. The summed E-state index contributed by atoms with van der Waals surface area (Å²) in [6, 6.07) is 10.5. The molecule has 1 aliphatic rings. The molecular formula is C17H22O2Si. The molecule has 1 atom stereocenters. The van der Waals surface area contributed by atoms with E-state index in [9.17, 15) is 9.59 Å². The van der Waals surface area contributed by atoms with Gasteiger partial charge in [0.15, 0.2) is 12.1 Å². The number of aldehydes is 1. The quantitative estimate of drug-likeness (QED) is 0.486. The Morgan fingerprint density at radius 2 is 1.80 bits per heavy atom. The maximum atomic E-state index is 12.1. The zero-order chi connectivity index (χ0) is 15.0. The summed E-state index contributed by atoms with van der Waals surface area (Å²) >= 11 is 0. The van der Waals surface area contributed by atoms with Crippen molar-refractivity contribution in [3.63, 3.8) is 0 Å². The molecule has 0 amide bonds. The highest BCUT2D eigenvalue weighted by Gasteiger charge is 2.46. The van der Waals surface area contributed by atoms with Crippen molar-refractivity contribution in [1.82, 2.24) is 0 Å². The molecule has 20 heavy (non-hydrogen) atoms. The Balaban J connectivity index is 2.45. The molecule has 0 saturated carbocycles. The second-order valence-corrected chi connectivity index (χ2v) is 11.5. The molecule has 2 rings (SSSR count). The van der Waals surface area contributed by atoms with E-state index < -0.39 is 8.07 Å². The number of allylic oxidation sites excluding steroid dienone is 2. The molecule has 0 N–H and O–H groups in total. The lowest BCUT2D eigenvalue weighted by Gasteiger charge is -2.44. The second kappa shape index (κ2) is 5.13. The fourth-order valence-corrected chi connectivity index (χ4v) is 7.59. The van der Waals surface area contributed by atoms with E-state index in [-0.39, 0.29) is 11.2 Å². The predicted molar refractivity (Wildman–Crippen MR) is 84.9 cm³/mol. The lowest BCUT2D eigenvalue weighted by molar-refractivity contribution is -0.118. The molecule has 0 unspecified atom stereocenters. The Morgan fingerprint density at radius 1 is 1.20 bits per heavy atom. The van der Waals surface area contributed by atoms with Crippen molar-refractivity contribution >= 4 is 25.3 Å². The minimum absolute atomic E-state index is 0.000770. The molecule has 2 nitrogen and oxygen atoms in total. The second-order valence-electron chi connectivity index (χ2n) is 6.81. The standard InChI is InChI=1S/C17H22O2Si/c1-17(2)11-13(12-18)15(19)10-16(17)20(3,4)14-8-6-5-7-9-14/h5-9,11-12,16H,10H2,1-4H3/t16-/m0/s1. The topological polar surface area (TPSA) is 34.1 Å². The van der Waals surface area contributed by atoms with Gasteiger partial charge in [0.1, 0.15) is 0 Å². The lowest BCUT2D eigenvalue weighted by Crippen LogP contribution is -2.52. The predicted octanol–water partition coefficient (Wildman–Crippen LogP) is 3.10. The summed E-state index contributed by atoms with van der Waals surface area (Å²) in [5.41, 5.74) is 0.549. The molecule has 3 heteroatoms. The van der Waals surface area contributed by atoms with Gasteiger partial charge in [-0.2, -0.15) is 0 Å². The molecule has 1 aliphatic carbocycles. The van der Waals surface area contributed by atoms with E-state index in [1.54, 1.807) is 0 Å². The van der Waals surface area contributed by atoms with Gasteiger partial charge in [0.05, 0.1) is 13.6 Å². The Kier molecular flexibility index (Phi) is 3.83. The first kappa shape index (κ1) is 14.9. The van der Waals surface area contributed by atoms with Crippen molar-refractivity contribution in [2.24, 2.45) is 5.41 Å². The van der Waals surface area contributed by atoms with Crippen LogP contribution < -0.4 is 5.19 Å². The van der Waals surface area contributed by atoms with Gasteiger partial charge in [0, 0.05) is 6.42 Å². The maximum Gasteiger partial charge on any atom is 0.165 e. The van der Waals surface area contributed by atoms with Crippen LogP contribution in [-0.2, 0) is 9.59 Å². The molecule has 0 aliphatic heterocycles. The third kappa shape index (κ3) is 2.55. The number of hydrogen-bond donors (Lipinski definition) is 0. The van der Waals surface area contributed by atoms with Gasteiger partial charge in [-0.25, -0.2) is 0 Å². The highest BCUT2D eigenvalue weighted by Crippen LogP contribution is 2.47. The highest BCUT2D eigenvalue weighted by atomic mass is 28.3. The van der Waals surface area contributed by atoms with Crippen LogP contribution in [0.15, 0.2) is 42.0 Å². The fourth-order valence-electron chi connectivity index (χ4n) is 3.50. The summed E-state index contributed by atoms with van der Waals surface area (Å²) in [4.78, 5) is 23.1. The number of Topliss-reactive ketones (excluding diaryl/α,β-unsaturated/α-hetero) is 1. The van der Waals surface area contributed by atoms with Crippen LogP contribution in [0.4, 0.5) is 0 Å². The number of hydrogen-bond acceptors (Lipinski definition) is 2. The number of rotatable bonds is 3. The first-order valence-corrected chi connectivity index (χ1v) is 10.1. The average Bonchev–Trinajstić information content (AvgIpc) is 2.41. The zero-order valence-corrected chi connectivity index (χ0v) is 13.6. The summed E-state index contributed by atoms with van der Waals surface area (Å²) in [6.07, 6.45) is 3.08. The summed E-state index contributed by atoms with van der Waals surface area (Å²) in [7, 11) is -1.78. The van der Waals surface area contributed by atoms with E-state index in [0.29, 0.717) is 23.8 Å². The fraction of sp³-hybridized carbons (Fsp3) is 0.412. The van der Waals surface area contributed by atoms with Gasteiger partial charge in [-0.05, 0) is 11.0 Å². The molecule has 0 bridgehead atoms.